The summed E-state index contributed by atoms with van der Waals surface area (Å²) < 4.78 is 4.87. The van der Waals surface area contributed by atoms with E-state index in [1.54, 1.807) is 25.4 Å². The molecule has 0 saturated heterocycles. The van der Waals surface area contributed by atoms with Crippen LogP contribution in [0.1, 0.15) is 11.6 Å². The van der Waals surface area contributed by atoms with E-state index in [9.17, 15) is 0 Å². The zero-order valence-corrected chi connectivity index (χ0v) is 6.90. The van der Waals surface area contributed by atoms with Crippen LogP contribution in [0.3, 0.4) is 0 Å². The molecular formula is C8H12N2O2. The molecule has 0 aromatic carbocycles. The van der Waals surface area contributed by atoms with Crippen LogP contribution in [-0.4, -0.2) is 23.8 Å². The first kappa shape index (κ1) is 8.96. The van der Waals surface area contributed by atoms with Gasteiger partial charge >= 0.3 is 0 Å². The Morgan fingerprint density at radius 2 is 2.42 bits per heavy atom. The van der Waals surface area contributed by atoms with Crippen molar-refractivity contribution in [2.24, 2.45) is 5.73 Å². The Morgan fingerprint density at radius 3 is 2.83 bits per heavy atom. The number of methoxy groups -OCH3 is 1. The predicted octanol–water partition coefficient (Wildman–Crippen LogP) is 0.0823. The van der Waals surface area contributed by atoms with E-state index in [-0.39, 0.29) is 12.6 Å². The van der Waals surface area contributed by atoms with Crippen LogP contribution in [0, 0.1) is 0 Å². The van der Waals surface area contributed by atoms with Crippen LogP contribution in [0.25, 0.3) is 0 Å². The molecule has 1 aromatic heterocycles. The lowest BCUT2D eigenvalue weighted by atomic mass is 10.1. The number of ether oxygens (including phenoxy) is 1. The quantitative estimate of drug-likeness (QED) is 0.670. The van der Waals surface area contributed by atoms with Gasteiger partial charge in [0.2, 0.25) is 5.88 Å². The molecule has 0 amide bonds. The summed E-state index contributed by atoms with van der Waals surface area (Å²) >= 11 is 0. The molecule has 0 bridgehead atoms. The maximum Gasteiger partial charge on any atom is 0.212 e. The van der Waals surface area contributed by atoms with Crippen LogP contribution in [0.5, 0.6) is 5.88 Å². The number of rotatable bonds is 3. The molecule has 0 aliphatic rings. The Hall–Kier alpha value is -1.13. The molecule has 0 spiro atoms. The highest BCUT2D eigenvalue weighted by Crippen LogP contribution is 2.11. The molecule has 4 heteroatoms. The first-order valence-corrected chi connectivity index (χ1v) is 3.64. The minimum Gasteiger partial charge on any atom is -0.481 e. The molecule has 1 rings (SSSR count). The minimum atomic E-state index is -0.358. The highest BCUT2D eigenvalue weighted by Gasteiger charge is 2.03. The number of nitrogens with two attached hydrogens (primary N) is 1. The first-order valence-electron chi connectivity index (χ1n) is 3.64. The lowest BCUT2D eigenvalue weighted by Crippen LogP contribution is -2.14. The Morgan fingerprint density at radius 1 is 1.67 bits per heavy atom. The third kappa shape index (κ3) is 1.93. The standard InChI is InChI=1S/C8H12N2O2/c1-12-8-3-2-6(4-10-8)7(9)5-11/h2-4,7,11H,5,9H2,1H3. The summed E-state index contributed by atoms with van der Waals surface area (Å²) in [6, 6.07) is 3.14. The zero-order chi connectivity index (χ0) is 8.97. The van der Waals surface area contributed by atoms with E-state index in [0.29, 0.717) is 5.88 Å². The Bertz CT molecular complexity index is 235. The first-order chi connectivity index (χ1) is 5.77. The van der Waals surface area contributed by atoms with Crippen molar-refractivity contribution in [2.45, 2.75) is 6.04 Å². The van der Waals surface area contributed by atoms with E-state index in [4.69, 9.17) is 15.6 Å². The van der Waals surface area contributed by atoms with Gasteiger partial charge in [-0.05, 0) is 5.56 Å². The summed E-state index contributed by atoms with van der Waals surface area (Å²) in [5.41, 5.74) is 6.36. The summed E-state index contributed by atoms with van der Waals surface area (Å²) in [4.78, 5) is 3.95. The monoisotopic (exact) mass is 168 g/mol. The molecule has 1 atom stereocenters. The van der Waals surface area contributed by atoms with E-state index >= 15 is 0 Å². The molecule has 4 nitrogen and oxygen atoms in total. The fourth-order valence-electron chi connectivity index (χ4n) is 0.837. The van der Waals surface area contributed by atoms with Gasteiger partial charge in [0, 0.05) is 12.3 Å². The second kappa shape index (κ2) is 4.04. The van der Waals surface area contributed by atoms with E-state index in [2.05, 4.69) is 4.98 Å². The maximum atomic E-state index is 8.73. The SMILES string of the molecule is COc1ccc(C(N)CO)cn1. The molecule has 3 N–H and O–H groups in total. The second-order valence-corrected chi connectivity index (χ2v) is 2.42. The van der Waals surface area contributed by atoms with E-state index in [0.717, 1.165) is 5.56 Å². The summed E-state index contributed by atoms with van der Waals surface area (Å²) in [5.74, 6) is 0.545. The van der Waals surface area contributed by atoms with E-state index in [1.165, 1.54) is 0 Å². The van der Waals surface area contributed by atoms with Crippen LogP contribution in [-0.2, 0) is 0 Å². The van der Waals surface area contributed by atoms with Gasteiger partial charge in [0.05, 0.1) is 19.8 Å². The highest BCUT2D eigenvalue weighted by atomic mass is 16.5. The van der Waals surface area contributed by atoms with Gasteiger partial charge in [0.25, 0.3) is 0 Å². The van der Waals surface area contributed by atoms with Crippen molar-refractivity contribution < 1.29 is 9.84 Å². The van der Waals surface area contributed by atoms with Gasteiger partial charge in [-0.15, -0.1) is 0 Å². The van der Waals surface area contributed by atoms with Crippen molar-refractivity contribution in [1.29, 1.82) is 0 Å². The Balaban J connectivity index is 2.77. The van der Waals surface area contributed by atoms with E-state index in [1.807, 2.05) is 0 Å². The van der Waals surface area contributed by atoms with Crippen LogP contribution < -0.4 is 10.5 Å². The van der Waals surface area contributed by atoms with E-state index < -0.39 is 0 Å². The molecule has 0 fully saturated rings. The summed E-state index contributed by atoms with van der Waals surface area (Å²) in [6.45, 7) is -0.0754. The number of aromatic nitrogens is 1. The van der Waals surface area contributed by atoms with Gasteiger partial charge in [-0.1, -0.05) is 6.07 Å². The van der Waals surface area contributed by atoms with Crippen molar-refractivity contribution in [3.05, 3.63) is 23.9 Å². The number of aliphatic hydroxyl groups is 1. The highest BCUT2D eigenvalue weighted by molar-refractivity contribution is 5.20. The lowest BCUT2D eigenvalue weighted by molar-refractivity contribution is 0.267. The number of nitrogens with zero attached hydrogens (tertiary/aromatic N) is 1. The predicted molar refractivity (Wildman–Crippen MR) is 44.8 cm³/mol. The number of hydrogen-bond donors (Lipinski definition) is 2. The van der Waals surface area contributed by atoms with Crippen molar-refractivity contribution in [3.8, 4) is 5.88 Å². The molecule has 1 aromatic rings. The Kier molecular flexibility index (Phi) is 3.01. The normalized spacial score (nSPS) is 12.6. The molecule has 1 heterocycles. The molecular weight excluding hydrogens is 156 g/mol. The second-order valence-electron chi connectivity index (χ2n) is 2.42. The number of hydrogen-bond acceptors (Lipinski definition) is 4. The van der Waals surface area contributed by atoms with Crippen molar-refractivity contribution in [1.82, 2.24) is 4.98 Å². The average Bonchev–Trinajstić information content (AvgIpc) is 2.17. The van der Waals surface area contributed by atoms with Crippen LogP contribution in [0.2, 0.25) is 0 Å². The smallest absolute Gasteiger partial charge is 0.212 e. The van der Waals surface area contributed by atoms with Crippen LogP contribution >= 0.6 is 0 Å². The van der Waals surface area contributed by atoms with Gasteiger partial charge < -0.3 is 15.6 Å². The summed E-state index contributed by atoms with van der Waals surface area (Å²) in [5, 5.41) is 8.73. The molecule has 0 saturated carbocycles. The van der Waals surface area contributed by atoms with Gasteiger partial charge in [-0.2, -0.15) is 0 Å². The van der Waals surface area contributed by atoms with Gasteiger partial charge in [0.1, 0.15) is 0 Å². The molecule has 0 aliphatic heterocycles. The van der Waals surface area contributed by atoms with Crippen LogP contribution in [0.4, 0.5) is 0 Å². The fraction of sp³-hybridized carbons (Fsp3) is 0.375. The summed E-state index contributed by atoms with van der Waals surface area (Å²) in [6.07, 6.45) is 1.60. The lowest BCUT2D eigenvalue weighted by Gasteiger charge is -2.07. The molecule has 0 radical (unpaired) electrons. The summed E-state index contributed by atoms with van der Waals surface area (Å²) in [7, 11) is 1.55. The number of aliphatic hydroxyl groups excluding tert-OH is 1. The van der Waals surface area contributed by atoms with Crippen molar-refractivity contribution in [3.63, 3.8) is 0 Å². The molecule has 0 aliphatic carbocycles. The third-order valence-electron chi connectivity index (χ3n) is 1.59. The molecule has 12 heavy (non-hydrogen) atoms. The van der Waals surface area contributed by atoms with Gasteiger partial charge in [-0.25, -0.2) is 4.98 Å². The topological polar surface area (TPSA) is 68.4 Å². The minimum absolute atomic E-state index is 0.0754. The van der Waals surface area contributed by atoms with Gasteiger partial charge in [-0.3, -0.25) is 0 Å². The average molecular weight is 168 g/mol. The van der Waals surface area contributed by atoms with Gasteiger partial charge in [0.15, 0.2) is 0 Å². The zero-order valence-electron chi connectivity index (χ0n) is 6.90. The maximum absolute atomic E-state index is 8.73. The fourth-order valence-corrected chi connectivity index (χ4v) is 0.837. The van der Waals surface area contributed by atoms with Crippen molar-refractivity contribution >= 4 is 0 Å². The van der Waals surface area contributed by atoms with Crippen LogP contribution in [0.15, 0.2) is 18.3 Å². The largest absolute Gasteiger partial charge is 0.481 e. The third-order valence-corrected chi connectivity index (χ3v) is 1.59. The number of pyridine rings is 1. The molecule has 1 unspecified atom stereocenters. The Labute approximate surface area is 71.0 Å². The molecule has 66 valence electrons. The van der Waals surface area contributed by atoms with Crippen molar-refractivity contribution in [2.75, 3.05) is 13.7 Å².